The Morgan fingerprint density at radius 3 is 2.69 bits per heavy atom. The van der Waals surface area contributed by atoms with E-state index in [-0.39, 0.29) is 6.04 Å². The summed E-state index contributed by atoms with van der Waals surface area (Å²) in [6, 6.07) is 4.15. The van der Waals surface area contributed by atoms with Crippen molar-refractivity contribution in [1.29, 1.82) is 0 Å². The van der Waals surface area contributed by atoms with Gasteiger partial charge in [0.05, 0.1) is 0 Å². The van der Waals surface area contributed by atoms with Crippen molar-refractivity contribution in [3.63, 3.8) is 0 Å². The Kier molecular flexibility index (Phi) is 3.25. The van der Waals surface area contributed by atoms with Gasteiger partial charge >= 0.3 is 0 Å². The number of aryl methyl sites for hydroxylation is 2. The predicted octanol–water partition coefficient (Wildman–Crippen LogP) is 1.25. The molecule has 0 aliphatic heterocycles. The molecule has 0 radical (unpaired) electrons. The molecule has 0 amide bonds. The van der Waals surface area contributed by atoms with E-state index in [9.17, 15) is 0 Å². The summed E-state index contributed by atoms with van der Waals surface area (Å²) >= 11 is 0. The number of hydrogen-bond donors (Lipinski definition) is 2. The van der Waals surface area contributed by atoms with E-state index in [4.69, 9.17) is 11.5 Å². The van der Waals surface area contributed by atoms with E-state index in [1.807, 2.05) is 19.9 Å². The minimum atomic E-state index is 0.225. The molecule has 0 bridgehead atoms. The van der Waals surface area contributed by atoms with Gasteiger partial charge < -0.3 is 11.5 Å². The third-order valence-electron chi connectivity index (χ3n) is 1.90. The molecule has 1 aromatic rings. The van der Waals surface area contributed by atoms with Gasteiger partial charge in [-0.05, 0) is 44.4 Å². The average Bonchev–Trinajstić information content (AvgIpc) is 1.99. The number of hydrogen-bond acceptors (Lipinski definition) is 3. The van der Waals surface area contributed by atoms with Gasteiger partial charge in [-0.25, -0.2) is 4.98 Å². The first-order valence-corrected chi connectivity index (χ1v) is 4.56. The molecule has 0 fully saturated rings. The molecule has 0 spiro atoms. The number of aromatic nitrogens is 1. The standard InChI is InChI=1S/C10H17N3/c1-7-5-9(4-3-8(2)11)13-10(12)6-7/h5-6,8H,3-4,11H2,1-2H3,(H2,12,13)/t8-/m1/s1. The van der Waals surface area contributed by atoms with Crippen molar-refractivity contribution in [2.45, 2.75) is 32.7 Å². The van der Waals surface area contributed by atoms with Gasteiger partial charge in [0, 0.05) is 11.7 Å². The number of nitrogens with two attached hydrogens (primary N) is 2. The topological polar surface area (TPSA) is 64.9 Å². The third-order valence-corrected chi connectivity index (χ3v) is 1.90. The summed E-state index contributed by atoms with van der Waals surface area (Å²) in [4.78, 5) is 4.23. The molecule has 72 valence electrons. The first-order valence-electron chi connectivity index (χ1n) is 4.56. The molecule has 1 atom stereocenters. The number of rotatable bonds is 3. The molecule has 0 aliphatic rings. The van der Waals surface area contributed by atoms with Crippen LogP contribution in [0.2, 0.25) is 0 Å². The first kappa shape index (κ1) is 9.99. The van der Waals surface area contributed by atoms with Gasteiger partial charge in [-0.2, -0.15) is 0 Å². The fourth-order valence-electron chi connectivity index (χ4n) is 1.27. The van der Waals surface area contributed by atoms with Crippen LogP contribution in [0.1, 0.15) is 24.6 Å². The van der Waals surface area contributed by atoms with Crippen molar-refractivity contribution in [2.75, 3.05) is 5.73 Å². The average molecular weight is 179 g/mol. The van der Waals surface area contributed by atoms with E-state index in [1.165, 1.54) is 0 Å². The smallest absolute Gasteiger partial charge is 0.123 e. The SMILES string of the molecule is Cc1cc(N)nc(CC[C@@H](C)N)c1. The molecule has 0 aliphatic carbocycles. The van der Waals surface area contributed by atoms with E-state index in [1.54, 1.807) is 0 Å². The summed E-state index contributed by atoms with van der Waals surface area (Å²) in [7, 11) is 0. The molecule has 0 saturated heterocycles. The second-order valence-corrected chi connectivity index (χ2v) is 3.58. The Morgan fingerprint density at radius 1 is 1.46 bits per heavy atom. The second kappa shape index (κ2) is 4.23. The van der Waals surface area contributed by atoms with Crippen LogP contribution in [0.3, 0.4) is 0 Å². The summed E-state index contributed by atoms with van der Waals surface area (Å²) in [5.41, 5.74) is 13.5. The fourth-order valence-corrected chi connectivity index (χ4v) is 1.27. The molecule has 3 nitrogen and oxygen atoms in total. The van der Waals surface area contributed by atoms with Gasteiger partial charge in [0.2, 0.25) is 0 Å². The van der Waals surface area contributed by atoms with Crippen molar-refractivity contribution in [1.82, 2.24) is 4.98 Å². The molecule has 1 heterocycles. The minimum absolute atomic E-state index is 0.225. The molecule has 1 aromatic heterocycles. The lowest BCUT2D eigenvalue weighted by Gasteiger charge is -2.05. The van der Waals surface area contributed by atoms with Gasteiger partial charge in [-0.3, -0.25) is 0 Å². The maximum absolute atomic E-state index is 5.66. The molecule has 0 saturated carbocycles. The van der Waals surface area contributed by atoms with E-state index < -0.39 is 0 Å². The number of pyridine rings is 1. The van der Waals surface area contributed by atoms with Crippen LogP contribution in [0.25, 0.3) is 0 Å². The molecule has 1 rings (SSSR count). The van der Waals surface area contributed by atoms with Crippen LogP contribution in [0.15, 0.2) is 12.1 Å². The lowest BCUT2D eigenvalue weighted by atomic mass is 10.1. The summed E-state index contributed by atoms with van der Waals surface area (Å²) in [5, 5.41) is 0. The molecular weight excluding hydrogens is 162 g/mol. The highest BCUT2D eigenvalue weighted by molar-refractivity contribution is 5.34. The Bertz CT molecular complexity index is 261. The second-order valence-electron chi connectivity index (χ2n) is 3.58. The molecule has 4 N–H and O–H groups in total. The van der Waals surface area contributed by atoms with E-state index >= 15 is 0 Å². The van der Waals surface area contributed by atoms with Crippen LogP contribution < -0.4 is 11.5 Å². The zero-order valence-corrected chi connectivity index (χ0v) is 8.25. The molecule has 3 heteroatoms. The van der Waals surface area contributed by atoms with Crippen LogP contribution in [0.4, 0.5) is 5.82 Å². The number of anilines is 1. The van der Waals surface area contributed by atoms with Gasteiger partial charge in [0.1, 0.15) is 5.82 Å². The zero-order valence-electron chi connectivity index (χ0n) is 8.25. The lowest BCUT2D eigenvalue weighted by Crippen LogP contribution is -2.15. The lowest BCUT2D eigenvalue weighted by molar-refractivity contribution is 0.658. The highest BCUT2D eigenvalue weighted by atomic mass is 14.8. The van der Waals surface area contributed by atoms with E-state index in [0.717, 1.165) is 24.1 Å². The molecule has 0 aromatic carbocycles. The van der Waals surface area contributed by atoms with E-state index in [2.05, 4.69) is 11.1 Å². The first-order chi connectivity index (χ1) is 6.08. The van der Waals surface area contributed by atoms with E-state index in [0.29, 0.717) is 5.82 Å². The summed E-state index contributed by atoms with van der Waals surface area (Å²) < 4.78 is 0. The Hall–Kier alpha value is -1.09. The maximum Gasteiger partial charge on any atom is 0.123 e. The van der Waals surface area contributed by atoms with Crippen molar-refractivity contribution in [3.8, 4) is 0 Å². The van der Waals surface area contributed by atoms with Crippen molar-refractivity contribution < 1.29 is 0 Å². The summed E-state index contributed by atoms with van der Waals surface area (Å²) in [6.07, 6.45) is 1.86. The summed E-state index contributed by atoms with van der Waals surface area (Å²) in [6.45, 7) is 4.02. The van der Waals surface area contributed by atoms with Crippen LogP contribution in [-0.4, -0.2) is 11.0 Å². The fraction of sp³-hybridized carbons (Fsp3) is 0.500. The largest absolute Gasteiger partial charge is 0.384 e. The van der Waals surface area contributed by atoms with Crippen molar-refractivity contribution in [2.24, 2.45) is 5.73 Å². The highest BCUT2D eigenvalue weighted by Crippen LogP contribution is 2.08. The summed E-state index contributed by atoms with van der Waals surface area (Å²) in [5.74, 6) is 0.597. The van der Waals surface area contributed by atoms with Crippen LogP contribution in [-0.2, 0) is 6.42 Å². The maximum atomic E-state index is 5.66. The Balaban J connectivity index is 2.66. The molecule has 13 heavy (non-hydrogen) atoms. The normalized spacial score (nSPS) is 12.8. The van der Waals surface area contributed by atoms with Gasteiger partial charge in [0.25, 0.3) is 0 Å². The minimum Gasteiger partial charge on any atom is -0.384 e. The number of nitrogens with zero attached hydrogens (tertiary/aromatic N) is 1. The monoisotopic (exact) mass is 179 g/mol. The Labute approximate surface area is 79.2 Å². The van der Waals surface area contributed by atoms with Gasteiger partial charge in [-0.1, -0.05) is 0 Å². The quantitative estimate of drug-likeness (QED) is 0.734. The van der Waals surface area contributed by atoms with Crippen LogP contribution in [0, 0.1) is 6.92 Å². The highest BCUT2D eigenvalue weighted by Gasteiger charge is 2.00. The van der Waals surface area contributed by atoms with Gasteiger partial charge in [0.15, 0.2) is 0 Å². The zero-order chi connectivity index (χ0) is 9.84. The predicted molar refractivity (Wildman–Crippen MR) is 55.4 cm³/mol. The molecular formula is C10H17N3. The third kappa shape index (κ3) is 3.42. The van der Waals surface area contributed by atoms with Crippen molar-refractivity contribution >= 4 is 5.82 Å². The van der Waals surface area contributed by atoms with Crippen LogP contribution in [0.5, 0.6) is 0 Å². The molecule has 0 unspecified atom stereocenters. The van der Waals surface area contributed by atoms with Gasteiger partial charge in [-0.15, -0.1) is 0 Å². The number of nitrogen functional groups attached to an aromatic ring is 1. The Morgan fingerprint density at radius 2 is 2.15 bits per heavy atom. The van der Waals surface area contributed by atoms with Crippen LogP contribution >= 0.6 is 0 Å². The van der Waals surface area contributed by atoms with Crippen molar-refractivity contribution in [3.05, 3.63) is 23.4 Å².